The lowest BCUT2D eigenvalue weighted by Crippen LogP contribution is -1.94. The Morgan fingerprint density at radius 3 is 2.80 bits per heavy atom. The van der Waals surface area contributed by atoms with Crippen LogP contribution < -0.4 is 5.32 Å². The second-order valence-corrected chi connectivity index (χ2v) is 6.76. The molecular weight excluding hydrogens is 330 g/mol. The third-order valence-corrected chi connectivity index (χ3v) is 5.25. The zero-order valence-corrected chi connectivity index (χ0v) is 13.9. The van der Waals surface area contributed by atoms with Gasteiger partial charge in [0.1, 0.15) is 6.33 Å². The quantitative estimate of drug-likeness (QED) is 0.485. The van der Waals surface area contributed by atoms with E-state index >= 15 is 0 Å². The molecule has 25 heavy (non-hydrogen) atoms. The molecule has 2 aromatic carbocycles. The van der Waals surface area contributed by atoms with Crippen LogP contribution in [0.15, 0.2) is 67.1 Å². The van der Waals surface area contributed by atoms with Gasteiger partial charge in [0, 0.05) is 16.0 Å². The Bertz CT molecular complexity index is 1180. The summed E-state index contributed by atoms with van der Waals surface area (Å²) in [6, 6.07) is 18.5. The van der Waals surface area contributed by atoms with Crippen LogP contribution in [0.4, 0.5) is 11.5 Å². The number of hydrogen-bond acceptors (Lipinski definition) is 5. The van der Waals surface area contributed by atoms with Crippen molar-refractivity contribution in [3.63, 3.8) is 0 Å². The highest BCUT2D eigenvalue weighted by Gasteiger charge is 2.10. The molecule has 0 bridgehead atoms. The molecule has 0 saturated heterocycles. The molecule has 0 spiro atoms. The normalized spacial score (nSPS) is 11.2. The summed E-state index contributed by atoms with van der Waals surface area (Å²) in [6.07, 6.45) is 3.41. The highest BCUT2D eigenvalue weighted by atomic mass is 32.1. The Morgan fingerprint density at radius 2 is 1.88 bits per heavy atom. The SMILES string of the molecule is c1ccc(-c2cc3ncnc(Nc4ccc5cn[nH]c5c4)c3s2)cc1. The average molecular weight is 343 g/mol. The number of nitrogens with zero attached hydrogens (tertiary/aromatic N) is 3. The fraction of sp³-hybridized carbons (Fsp3) is 0. The number of nitrogens with one attached hydrogen (secondary N) is 2. The lowest BCUT2D eigenvalue weighted by Gasteiger charge is -2.06. The summed E-state index contributed by atoms with van der Waals surface area (Å²) in [5.41, 5.74) is 4.09. The van der Waals surface area contributed by atoms with Crippen LogP contribution in [-0.2, 0) is 0 Å². The molecule has 5 nitrogen and oxygen atoms in total. The Balaban J connectivity index is 1.57. The second kappa shape index (κ2) is 5.68. The van der Waals surface area contributed by atoms with E-state index in [0.29, 0.717) is 0 Å². The summed E-state index contributed by atoms with van der Waals surface area (Å²) < 4.78 is 1.05. The lowest BCUT2D eigenvalue weighted by molar-refractivity contribution is 1.12. The summed E-state index contributed by atoms with van der Waals surface area (Å²) in [6.45, 7) is 0. The average Bonchev–Trinajstić information content (AvgIpc) is 3.29. The van der Waals surface area contributed by atoms with E-state index in [2.05, 4.69) is 43.7 Å². The topological polar surface area (TPSA) is 66.5 Å². The third-order valence-electron chi connectivity index (χ3n) is 4.07. The van der Waals surface area contributed by atoms with Gasteiger partial charge in [0.05, 0.1) is 21.9 Å². The van der Waals surface area contributed by atoms with E-state index in [9.17, 15) is 0 Å². The highest BCUT2D eigenvalue weighted by Crippen LogP contribution is 2.36. The maximum atomic E-state index is 4.44. The molecule has 0 atom stereocenters. The maximum absolute atomic E-state index is 4.44. The lowest BCUT2D eigenvalue weighted by atomic mass is 10.2. The van der Waals surface area contributed by atoms with Gasteiger partial charge in [0.25, 0.3) is 0 Å². The molecule has 5 rings (SSSR count). The van der Waals surface area contributed by atoms with Gasteiger partial charge in [-0.1, -0.05) is 30.3 Å². The predicted molar refractivity (Wildman–Crippen MR) is 102 cm³/mol. The van der Waals surface area contributed by atoms with Gasteiger partial charge >= 0.3 is 0 Å². The largest absolute Gasteiger partial charge is 0.339 e. The number of aromatic nitrogens is 4. The fourth-order valence-corrected chi connectivity index (χ4v) is 3.90. The van der Waals surface area contributed by atoms with E-state index in [4.69, 9.17) is 0 Å². The summed E-state index contributed by atoms with van der Waals surface area (Å²) in [5, 5.41) is 11.5. The van der Waals surface area contributed by atoms with Gasteiger partial charge in [-0.15, -0.1) is 11.3 Å². The first-order valence-corrected chi connectivity index (χ1v) is 8.68. The van der Waals surface area contributed by atoms with E-state index < -0.39 is 0 Å². The molecule has 3 aromatic heterocycles. The van der Waals surface area contributed by atoms with Gasteiger partial charge in [-0.25, -0.2) is 9.97 Å². The van der Waals surface area contributed by atoms with Crippen molar-refractivity contribution < 1.29 is 0 Å². The van der Waals surface area contributed by atoms with Crippen molar-refractivity contribution in [3.8, 4) is 10.4 Å². The fourth-order valence-electron chi connectivity index (χ4n) is 2.84. The number of aromatic amines is 1. The molecule has 2 N–H and O–H groups in total. The van der Waals surface area contributed by atoms with Crippen LogP contribution in [0.5, 0.6) is 0 Å². The number of hydrogen-bond donors (Lipinski definition) is 2. The summed E-state index contributed by atoms with van der Waals surface area (Å²) >= 11 is 1.69. The molecule has 3 heterocycles. The molecule has 5 aromatic rings. The van der Waals surface area contributed by atoms with E-state index in [1.807, 2.05) is 42.6 Å². The summed E-state index contributed by atoms with van der Waals surface area (Å²) in [4.78, 5) is 10.0. The zero-order valence-electron chi connectivity index (χ0n) is 13.1. The van der Waals surface area contributed by atoms with Crippen LogP contribution in [0.2, 0.25) is 0 Å². The van der Waals surface area contributed by atoms with Gasteiger partial charge in [-0.05, 0) is 29.8 Å². The monoisotopic (exact) mass is 343 g/mol. The number of H-pyrrole nitrogens is 1. The van der Waals surface area contributed by atoms with Crippen molar-refractivity contribution in [2.24, 2.45) is 0 Å². The number of anilines is 2. The van der Waals surface area contributed by atoms with Crippen LogP contribution in [0, 0.1) is 0 Å². The van der Waals surface area contributed by atoms with Gasteiger partial charge in [-0.2, -0.15) is 5.10 Å². The highest BCUT2D eigenvalue weighted by molar-refractivity contribution is 7.22. The molecular formula is C19H13N5S. The summed E-state index contributed by atoms with van der Waals surface area (Å²) in [7, 11) is 0. The van der Waals surface area contributed by atoms with Crippen LogP contribution in [-0.4, -0.2) is 20.2 Å². The molecule has 0 unspecified atom stereocenters. The Labute approximate surface area is 147 Å². The van der Waals surface area contributed by atoms with Gasteiger partial charge in [-0.3, -0.25) is 5.10 Å². The first-order chi connectivity index (χ1) is 12.4. The van der Waals surface area contributed by atoms with Gasteiger partial charge in [0.2, 0.25) is 0 Å². The van der Waals surface area contributed by atoms with E-state index in [1.165, 1.54) is 10.4 Å². The number of rotatable bonds is 3. The van der Waals surface area contributed by atoms with Crippen LogP contribution in [0.25, 0.3) is 31.6 Å². The molecule has 120 valence electrons. The van der Waals surface area contributed by atoms with Gasteiger partial charge < -0.3 is 5.32 Å². The number of fused-ring (bicyclic) bond motifs is 2. The summed E-state index contributed by atoms with van der Waals surface area (Å²) in [5.74, 6) is 0.816. The van der Waals surface area contributed by atoms with Crippen molar-refractivity contribution in [3.05, 3.63) is 67.1 Å². The van der Waals surface area contributed by atoms with Crippen molar-refractivity contribution in [2.45, 2.75) is 0 Å². The Kier molecular flexibility index (Phi) is 3.21. The predicted octanol–water partition coefficient (Wildman–Crippen LogP) is 4.98. The van der Waals surface area contributed by atoms with Gasteiger partial charge in [0.15, 0.2) is 5.82 Å². The zero-order chi connectivity index (χ0) is 16.6. The molecule has 0 amide bonds. The molecule has 0 radical (unpaired) electrons. The Hall–Kier alpha value is -3.25. The standard InChI is InChI=1S/C19H13N5S/c1-2-4-12(5-3-1)17-9-16-18(25-17)19(21-11-20-16)23-14-7-6-13-10-22-24-15(13)8-14/h1-11H,(H,22,24)(H,20,21,23). The Morgan fingerprint density at radius 1 is 0.960 bits per heavy atom. The van der Waals surface area contributed by atoms with E-state index in [1.54, 1.807) is 17.7 Å². The van der Waals surface area contributed by atoms with Crippen molar-refractivity contribution in [1.82, 2.24) is 20.2 Å². The first kappa shape index (κ1) is 14.1. The maximum Gasteiger partial charge on any atom is 0.151 e. The smallest absolute Gasteiger partial charge is 0.151 e. The molecule has 0 fully saturated rings. The second-order valence-electron chi connectivity index (χ2n) is 5.71. The minimum atomic E-state index is 0.816. The number of thiophene rings is 1. The van der Waals surface area contributed by atoms with Crippen molar-refractivity contribution in [1.29, 1.82) is 0 Å². The van der Waals surface area contributed by atoms with Crippen LogP contribution >= 0.6 is 11.3 Å². The van der Waals surface area contributed by atoms with E-state index in [-0.39, 0.29) is 0 Å². The van der Waals surface area contributed by atoms with Crippen LogP contribution in [0.1, 0.15) is 0 Å². The van der Waals surface area contributed by atoms with Crippen LogP contribution in [0.3, 0.4) is 0 Å². The molecule has 0 saturated carbocycles. The third kappa shape index (κ3) is 2.53. The minimum absolute atomic E-state index is 0.816. The molecule has 0 aliphatic heterocycles. The van der Waals surface area contributed by atoms with E-state index in [0.717, 1.165) is 32.6 Å². The first-order valence-electron chi connectivity index (χ1n) is 7.87. The number of benzene rings is 2. The minimum Gasteiger partial charge on any atom is -0.339 e. The molecule has 0 aliphatic carbocycles. The molecule has 6 heteroatoms. The molecule has 0 aliphatic rings. The van der Waals surface area contributed by atoms with Crippen molar-refractivity contribution in [2.75, 3.05) is 5.32 Å². The van der Waals surface area contributed by atoms with Crippen molar-refractivity contribution >= 4 is 44.0 Å².